The fourth-order valence-electron chi connectivity index (χ4n) is 4.19. The first kappa shape index (κ1) is 22.4. The molecular formula is C25H25ClN2O3S. The molecule has 2 aromatic carbocycles. The Bertz CT molecular complexity index is 1220. The van der Waals surface area contributed by atoms with Gasteiger partial charge in [-0.1, -0.05) is 59.7 Å². The van der Waals surface area contributed by atoms with Crippen LogP contribution in [0, 0.1) is 0 Å². The second kappa shape index (κ2) is 9.35. The van der Waals surface area contributed by atoms with E-state index >= 15 is 0 Å². The number of hydrogen-bond acceptors (Lipinski definition) is 3. The molecule has 166 valence electrons. The van der Waals surface area contributed by atoms with Crippen molar-refractivity contribution < 1.29 is 13.2 Å². The standard InChI is InChI=1S/C25H25ClN2O3S/c1-2-15-28-22-14-13-20(26)16-21(22)23(19-11-7-4-8-12-19)24(32(28,30)31)25(29)27-17-18-9-5-3-6-10-18/h2,4,7-9,11-14,16H,1,3,5-6,10,15,17H2,(H,27,29). The first-order valence-corrected chi connectivity index (χ1v) is 12.4. The molecule has 0 saturated heterocycles. The smallest absolute Gasteiger partial charge is 0.270 e. The molecule has 0 spiro atoms. The van der Waals surface area contributed by atoms with Crippen LogP contribution in [-0.4, -0.2) is 27.4 Å². The van der Waals surface area contributed by atoms with Gasteiger partial charge in [-0.05, 0) is 49.4 Å². The number of sulfonamides is 1. The molecule has 4 rings (SSSR count). The number of nitrogens with one attached hydrogen (secondary N) is 1. The summed E-state index contributed by atoms with van der Waals surface area (Å²) in [4.78, 5) is 13.2. The van der Waals surface area contributed by atoms with Crippen LogP contribution in [0.3, 0.4) is 0 Å². The number of halogens is 1. The summed E-state index contributed by atoms with van der Waals surface area (Å²) in [5.41, 5.74) is 3.20. The lowest BCUT2D eigenvalue weighted by Gasteiger charge is -2.33. The lowest BCUT2D eigenvalue weighted by molar-refractivity contribution is -0.116. The van der Waals surface area contributed by atoms with Crippen LogP contribution in [0.5, 0.6) is 0 Å². The number of fused-ring (bicyclic) bond motifs is 1. The Morgan fingerprint density at radius 1 is 1.16 bits per heavy atom. The van der Waals surface area contributed by atoms with Crippen LogP contribution in [0.4, 0.5) is 5.69 Å². The summed E-state index contributed by atoms with van der Waals surface area (Å²) in [6.07, 6.45) is 7.76. The van der Waals surface area contributed by atoms with Crippen molar-refractivity contribution in [3.05, 3.63) is 93.9 Å². The van der Waals surface area contributed by atoms with Gasteiger partial charge in [0.2, 0.25) is 0 Å². The molecule has 0 saturated carbocycles. The summed E-state index contributed by atoms with van der Waals surface area (Å²) in [6.45, 7) is 4.08. The molecule has 1 heterocycles. The zero-order valence-corrected chi connectivity index (χ0v) is 19.3. The van der Waals surface area contributed by atoms with Gasteiger partial charge < -0.3 is 5.32 Å². The summed E-state index contributed by atoms with van der Waals surface area (Å²) in [7, 11) is -4.14. The van der Waals surface area contributed by atoms with Crippen molar-refractivity contribution in [3.63, 3.8) is 0 Å². The molecule has 7 heteroatoms. The fraction of sp³-hybridized carbons (Fsp3) is 0.240. The molecule has 0 aromatic heterocycles. The first-order valence-electron chi connectivity index (χ1n) is 10.6. The van der Waals surface area contributed by atoms with Gasteiger partial charge in [-0.2, -0.15) is 0 Å². The molecule has 2 aromatic rings. The van der Waals surface area contributed by atoms with Crippen molar-refractivity contribution in [1.82, 2.24) is 5.32 Å². The quantitative estimate of drug-likeness (QED) is 0.603. The third kappa shape index (κ3) is 4.25. The number of nitrogens with zero attached hydrogens (tertiary/aromatic N) is 1. The van der Waals surface area contributed by atoms with Crippen molar-refractivity contribution in [2.45, 2.75) is 25.7 Å². The number of hydrogen-bond donors (Lipinski definition) is 1. The predicted octanol–water partition coefficient (Wildman–Crippen LogP) is 5.05. The van der Waals surface area contributed by atoms with Gasteiger partial charge in [0.1, 0.15) is 0 Å². The first-order chi connectivity index (χ1) is 15.4. The Hall–Kier alpha value is -2.83. The fourth-order valence-corrected chi connectivity index (χ4v) is 6.10. The van der Waals surface area contributed by atoms with Gasteiger partial charge in [0.05, 0.1) is 12.2 Å². The van der Waals surface area contributed by atoms with Gasteiger partial charge in [-0.25, -0.2) is 8.42 Å². The molecular weight excluding hydrogens is 444 g/mol. The summed E-state index contributed by atoms with van der Waals surface area (Å²) in [5.74, 6) is -0.616. The van der Waals surface area contributed by atoms with Crippen LogP contribution in [-0.2, 0) is 14.8 Å². The molecule has 0 bridgehead atoms. The minimum absolute atomic E-state index is 0.0426. The number of amides is 1. The zero-order chi connectivity index (χ0) is 22.7. The highest BCUT2D eigenvalue weighted by atomic mass is 35.5. The van der Waals surface area contributed by atoms with Gasteiger partial charge in [-0.3, -0.25) is 9.10 Å². The van der Waals surface area contributed by atoms with Crippen LogP contribution < -0.4 is 9.62 Å². The number of benzene rings is 2. The summed E-state index contributed by atoms with van der Waals surface area (Å²) in [5, 5.41) is 3.32. The molecule has 1 amide bonds. The normalized spacial score (nSPS) is 17.4. The maximum absolute atomic E-state index is 13.7. The minimum Gasteiger partial charge on any atom is -0.348 e. The van der Waals surface area contributed by atoms with Crippen molar-refractivity contribution in [2.75, 3.05) is 17.4 Å². The summed E-state index contributed by atoms with van der Waals surface area (Å²) in [6, 6.07) is 14.1. The highest BCUT2D eigenvalue weighted by molar-refractivity contribution is 7.97. The third-order valence-electron chi connectivity index (χ3n) is 5.70. The highest BCUT2D eigenvalue weighted by Crippen LogP contribution is 2.43. The van der Waals surface area contributed by atoms with E-state index in [1.807, 2.05) is 18.2 Å². The number of allylic oxidation sites excluding steroid dienone is 1. The Balaban J connectivity index is 1.90. The zero-order valence-electron chi connectivity index (χ0n) is 17.7. The minimum atomic E-state index is -4.14. The predicted molar refractivity (Wildman–Crippen MR) is 130 cm³/mol. The number of anilines is 1. The molecule has 0 radical (unpaired) electrons. The van der Waals surface area contributed by atoms with Gasteiger partial charge in [-0.15, -0.1) is 6.58 Å². The average Bonchev–Trinajstić information content (AvgIpc) is 2.80. The number of rotatable bonds is 6. The average molecular weight is 469 g/mol. The van der Waals surface area contributed by atoms with Crippen LogP contribution in [0.15, 0.2) is 77.7 Å². The summed E-state index contributed by atoms with van der Waals surface area (Å²) < 4.78 is 28.7. The largest absolute Gasteiger partial charge is 0.348 e. The molecule has 1 N–H and O–H groups in total. The van der Waals surface area contributed by atoms with E-state index in [0.29, 0.717) is 34.0 Å². The Labute approximate surface area is 194 Å². The molecule has 5 nitrogen and oxygen atoms in total. The Morgan fingerprint density at radius 3 is 2.62 bits per heavy atom. The van der Waals surface area contributed by atoms with Crippen molar-refractivity contribution in [2.24, 2.45) is 0 Å². The monoisotopic (exact) mass is 468 g/mol. The molecule has 2 aliphatic rings. The molecule has 0 atom stereocenters. The van der Waals surface area contributed by atoms with Gasteiger partial charge >= 0.3 is 0 Å². The van der Waals surface area contributed by atoms with Crippen molar-refractivity contribution >= 4 is 38.8 Å². The number of carbonyl (C=O) groups is 1. The van der Waals surface area contributed by atoms with Crippen molar-refractivity contribution in [1.29, 1.82) is 0 Å². The maximum Gasteiger partial charge on any atom is 0.270 e. The second-order valence-corrected chi connectivity index (χ2v) is 10.1. The third-order valence-corrected chi connectivity index (χ3v) is 7.76. The summed E-state index contributed by atoms with van der Waals surface area (Å²) >= 11 is 6.30. The van der Waals surface area contributed by atoms with E-state index in [0.717, 1.165) is 31.3 Å². The van der Waals surface area contributed by atoms with Crippen LogP contribution >= 0.6 is 11.6 Å². The SMILES string of the molecule is C=CCN1c2ccc(Cl)cc2C(c2ccccc2)=C(C(=O)NCC2=CCCCC2)S1(=O)=O. The molecule has 32 heavy (non-hydrogen) atoms. The highest BCUT2D eigenvalue weighted by Gasteiger charge is 2.41. The van der Waals surface area contributed by atoms with E-state index < -0.39 is 15.9 Å². The van der Waals surface area contributed by atoms with E-state index in [9.17, 15) is 13.2 Å². The van der Waals surface area contributed by atoms with E-state index in [-0.39, 0.29) is 11.4 Å². The second-order valence-electron chi connectivity index (χ2n) is 7.85. The van der Waals surface area contributed by atoms with E-state index in [1.54, 1.807) is 30.3 Å². The lowest BCUT2D eigenvalue weighted by atomic mass is 9.95. The Morgan fingerprint density at radius 2 is 1.94 bits per heavy atom. The Kier molecular flexibility index (Phi) is 6.53. The van der Waals surface area contributed by atoms with Gasteiger partial charge in [0.15, 0.2) is 4.91 Å². The topological polar surface area (TPSA) is 66.5 Å². The maximum atomic E-state index is 13.7. The molecule has 0 fully saturated rings. The molecule has 1 aliphatic heterocycles. The van der Waals surface area contributed by atoms with Crippen LogP contribution in [0.2, 0.25) is 5.02 Å². The van der Waals surface area contributed by atoms with Crippen LogP contribution in [0.1, 0.15) is 36.8 Å². The van der Waals surface area contributed by atoms with E-state index in [2.05, 4.69) is 18.0 Å². The van der Waals surface area contributed by atoms with E-state index in [4.69, 9.17) is 11.6 Å². The number of carbonyl (C=O) groups excluding carboxylic acids is 1. The van der Waals surface area contributed by atoms with Crippen molar-refractivity contribution in [3.8, 4) is 0 Å². The molecule has 0 unspecified atom stereocenters. The lowest BCUT2D eigenvalue weighted by Crippen LogP contribution is -2.42. The van der Waals surface area contributed by atoms with Gasteiger partial charge in [0, 0.05) is 22.7 Å². The van der Waals surface area contributed by atoms with E-state index in [1.165, 1.54) is 10.4 Å². The van der Waals surface area contributed by atoms with Crippen LogP contribution in [0.25, 0.3) is 5.57 Å². The molecule has 1 aliphatic carbocycles. The van der Waals surface area contributed by atoms with Gasteiger partial charge in [0.25, 0.3) is 15.9 Å².